The van der Waals surface area contributed by atoms with Crippen molar-refractivity contribution in [3.8, 4) is 0 Å². The van der Waals surface area contributed by atoms with Crippen LogP contribution in [0.4, 0.5) is 4.79 Å². The summed E-state index contributed by atoms with van der Waals surface area (Å²) in [5.74, 6) is 0.330. The number of benzene rings is 2. The molecule has 2 amide bonds. The number of urea groups is 1. The quantitative estimate of drug-likeness (QED) is 0.880. The SMILES string of the molecule is CC(C)C(NC(=O)N(C)Cc1ccccc1)c1ccccc1. The number of rotatable bonds is 5. The molecule has 0 aliphatic carbocycles. The van der Waals surface area contributed by atoms with Crippen molar-refractivity contribution in [3.63, 3.8) is 0 Å². The minimum Gasteiger partial charge on any atom is -0.331 e. The molecule has 0 radical (unpaired) electrons. The van der Waals surface area contributed by atoms with Crippen molar-refractivity contribution in [2.24, 2.45) is 5.92 Å². The summed E-state index contributed by atoms with van der Waals surface area (Å²) >= 11 is 0. The van der Waals surface area contributed by atoms with Gasteiger partial charge in [0.1, 0.15) is 0 Å². The average molecular weight is 296 g/mol. The van der Waals surface area contributed by atoms with Crippen molar-refractivity contribution in [3.05, 3.63) is 71.8 Å². The number of nitrogens with one attached hydrogen (secondary N) is 1. The van der Waals surface area contributed by atoms with E-state index < -0.39 is 0 Å². The Morgan fingerprint density at radius 1 is 1.00 bits per heavy atom. The predicted molar refractivity (Wildman–Crippen MR) is 90.5 cm³/mol. The number of carbonyl (C=O) groups excluding carboxylic acids is 1. The van der Waals surface area contributed by atoms with E-state index in [0.717, 1.165) is 11.1 Å². The summed E-state index contributed by atoms with van der Waals surface area (Å²) in [4.78, 5) is 14.2. The third-order valence-electron chi connectivity index (χ3n) is 3.71. The zero-order valence-corrected chi connectivity index (χ0v) is 13.5. The molecule has 1 N–H and O–H groups in total. The van der Waals surface area contributed by atoms with E-state index in [2.05, 4.69) is 31.3 Å². The highest BCUT2D eigenvalue weighted by Crippen LogP contribution is 2.21. The lowest BCUT2D eigenvalue weighted by Gasteiger charge is -2.26. The summed E-state index contributed by atoms with van der Waals surface area (Å²) in [6.07, 6.45) is 0. The molecule has 0 bridgehead atoms. The third-order valence-corrected chi connectivity index (χ3v) is 3.71. The molecule has 1 unspecified atom stereocenters. The molecule has 0 heterocycles. The Morgan fingerprint density at radius 3 is 2.09 bits per heavy atom. The van der Waals surface area contributed by atoms with Crippen LogP contribution in [0.1, 0.15) is 31.0 Å². The molecule has 3 nitrogen and oxygen atoms in total. The first-order valence-electron chi connectivity index (χ1n) is 7.68. The van der Waals surface area contributed by atoms with E-state index in [4.69, 9.17) is 0 Å². The molecule has 22 heavy (non-hydrogen) atoms. The van der Waals surface area contributed by atoms with E-state index in [1.54, 1.807) is 4.90 Å². The van der Waals surface area contributed by atoms with Crippen LogP contribution < -0.4 is 5.32 Å². The largest absolute Gasteiger partial charge is 0.331 e. The van der Waals surface area contributed by atoms with Crippen molar-refractivity contribution in [2.75, 3.05) is 7.05 Å². The molecule has 0 saturated heterocycles. The molecule has 2 aromatic carbocycles. The second-order valence-electron chi connectivity index (χ2n) is 5.92. The summed E-state index contributed by atoms with van der Waals surface area (Å²) in [5, 5.41) is 3.14. The molecule has 0 spiro atoms. The molecular formula is C19H24N2O. The van der Waals surface area contributed by atoms with E-state index in [0.29, 0.717) is 12.5 Å². The molecular weight excluding hydrogens is 272 g/mol. The van der Waals surface area contributed by atoms with Crippen LogP contribution in [0, 0.1) is 5.92 Å². The second kappa shape index (κ2) is 7.64. The van der Waals surface area contributed by atoms with Gasteiger partial charge in [-0.2, -0.15) is 0 Å². The summed E-state index contributed by atoms with van der Waals surface area (Å²) in [6, 6.07) is 20.1. The molecule has 116 valence electrons. The van der Waals surface area contributed by atoms with Gasteiger partial charge in [0.2, 0.25) is 0 Å². The Kier molecular flexibility index (Phi) is 5.59. The lowest BCUT2D eigenvalue weighted by Crippen LogP contribution is -2.40. The van der Waals surface area contributed by atoms with Crippen molar-refractivity contribution in [1.29, 1.82) is 0 Å². The number of amides is 2. The van der Waals surface area contributed by atoms with Crippen LogP contribution in [0.3, 0.4) is 0 Å². The normalized spacial score (nSPS) is 12.0. The third kappa shape index (κ3) is 4.35. The fraction of sp³-hybridized carbons (Fsp3) is 0.316. The highest BCUT2D eigenvalue weighted by molar-refractivity contribution is 5.74. The van der Waals surface area contributed by atoms with Gasteiger partial charge < -0.3 is 10.2 Å². The fourth-order valence-corrected chi connectivity index (χ4v) is 2.47. The topological polar surface area (TPSA) is 32.3 Å². The van der Waals surface area contributed by atoms with Gasteiger partial charge in [-0.25, -0.2) is 4.79 Å². The average Bonchev–Trinajstić information content (AvgIpc) is 2.53. The number of hydrogen-bond acceptors (Lipinski definition) is 1. The van der Waals surface area contributed by atoms with Crippen LogP contribution in [-0.2, 0) is 6.54 Å². The molecule has 0 saturated carbocycles. The number of nitrogens with zero attached hydrogens (tertiary/aromatic N) is 1. The Hall–Kier alpha value is -2.29. The molecule has 0 aliphatic rings. The Balaban J connectivity index is 2.02. The minimum atomic E-state index is -0.0496. The minimum absolute atomic E-state index is 0.0203. The van der Waals surface area contributed by atoms with Crippen molar-refractivity contribution in [1.82, 2.24) is 10.2 Å². The van der Waals surface area contributed by atoms with Gasteiger partial charge in [0.05, 0.1) is 6.04 Å². The van der Waals surface area contributed by atoms with E-state index in [-0.39, 0.29) is 12.1 Å². The Bertz CT molecular complexity index is 581. The second-order valence-corrected chi connectivity index (χ2v) is 5.92. The molecule has 3 heteroatoms. The van der Waals surface area contributed by atoms with Crippen molar-refractivity contribution in [2.45, 2.75) is 26.4 Å². The monoisotopic (exact) mass is 296 g/mol. The fourth-order valence-electron chi connectivity index (χ4n) is 2.47. The van der Waals surface area contributed by atoms with Crippen LogP contribution in [0.25, 0.3) is 0 Å². The summed E-state index contributed by atoms with van der Waals surface area (Å²) in [6.45, 7) is 4.84. The zero-order valence-electron chi connectivity index (χ0n) is 13.5. The van der Waals surface area contributed by atoms with Gasteiger partial charge >= 0.3 is 6.03 Å². The Labute approximate surface area is 133 Å². The summed E-state index contributed by atoms with van der Waals surface area (Å²) in [5.41, 5.74) is 2.26. The molecule has 2 rings (SSSR count). The van der Waals surface area contributed by atoms with Crippen LogP contribution >= 0.6 is 0 Å². The lowest BCUT2D eigenvalue weighted by atomic mass is 9.96. The van der Waals surface area contributed by atoms with Gasteiger partial charge in [0.25, 0.3) is 0 Å². The molecule has 2 aromatic rings. The standard InChI is InChI=1S/C19H24N2O/c1-15(2)18(17-12-8-5-9-13-17)20-19(22)21(3)14-16-10-6-4-7-11-16/h4-13,15,18H,14H2,1-3H3,(H,20,22). The van der Waals surface area contributed by atoms with Crippen LogP contribution in [0.5, 0.6) is 0 Å². The number of carbonyl (C=O) groups is 1. The molecule has 0 aliphatic heterocycles. The maximum absolute atomic E-state index is 12.5. The summed E-state index contributed by atoms with van der Waals surface area (Å²) in [7, 11) is 1.82. The molecule has 1 atom stereocenters. The van der Waals surface area contributed by atoms with Crippen LogP contribution in [0.15, 0.2) is 60.7 Å². The van der Waals surface area contributed by atoms with Crippen molar-refractivity contribution >= 4 is 6.03 Å². The van der Waals surface area contributed by atoms with Gasteiger partial charge in [-0.3, -0.25) is 0 Å². The van der Waals surface area contributed by atoms with E-state index >= 15 is 0 Å². The highest BCUT2D eigenvalue weighted by Gasteiger charge is 2.20. The van der Waals surface area contributed by atoms with E-state index in [1.165, 1.54) is 0 Å². The smallest absolute Gasteiger partial charge is 0.317 e. The highest BCUT2D eigenvalue weighted by atomic mass is 16.2. The van der Waals surface area contributed by atoms with E-state index in [1.807, 2.05) is 55.6 Å². The van der Waals surface area contributed by atoms with Crippen molar-refractivity contribution < 1.29 is 4.79 Å². The maximum Gasteiger partial charge on any atom is 0.317 e. The van der Waals surface area contributed by atoms with Gasteiger partial charge in [-0.05, 0) is 17.0 Å². The zero-order chi connectivity index (χ0) is 15.9. The first kappa shape index (κ1) is 16.1. The van der Waals surface area contributed by atoms with Gasteiger partial charge in [0.15, 0.2) is 0 Å². The maximum atomic E-state index is 12.5. The Morgan fingerprint density at radius 2 is 1.55 bits per heavy atom. The first-order valence-corrected chi connectivity index (χ1v) is 7.68. The van der Waals surface area contributed by atoms with Gasteiger partial charge in [-0.1, -0.05) is 74.5 Å². The summed E-state index contributed by atoms with van der Waals surface area (Å²) < 4.78 is 0. The lowest BCUT2D eigenvalue weighted by molar-refractivity contribution is 0.199. The number of hydrogen-bond donors (Lipinski definition) is 1. The molecule has 0 fully saturated rings. The van der Waals surface area contributed by atoms with Crippen LogP contribution in [-0.4, -0.2) is 18.0 Å². The van der Waals surface area contributed by atoms with E-state index in [9.17, 15) is 4.79 Å². The van der Waals surface area contributed by atoms with Gasteiger partial charge in [0, 0.05) is 13.6 Å². The first-order chi connectivity index (χ1) is 10.6. The predicted octanol–water partition coefficient (Wildman–Crippen LogP) is 4.23. The van der Waals surface area contributed by atoms with Crippen LogP contribution in [0.2, 0.25) is 0 Å². The molecule has 0 aromatic heterocycles. The van der Waals surface area contributed by atoms with Gasteiger partial charge in [-0.15, -0.1) is 0 Å².